The summed E-state index contributed by atoms with van der Waals surface area (Å²) in [6, 6.07) is -0.681. The topological polar surface area (TPSA) is 279 Å². The molecule has 0 aromatic carbocycles. The van der Waals surface area contributed by atoms with E-state index < -0.39 is 116 Å². The molecule has 3 rings (SSSR count). The minimum atomic E-state index is -2.17. The first-order valence-corrected chi connectivity index (χ1v) is 22.5. The molecule has 16 nitrogen and oxygen atoms in total. The Labute approximate surface area is 377 Å². The Morgan fingerprint density at radius 1 is 0.672 bits per heavy atom. The van der Waals surface area contributed by atoms with E-state index in [1.165, 1.54) is 0 Å². The van der Waals surface area contributed by atoms with Gasteiger partial charge >= 0.3 is 11.9 Å². The third-order valence-corrected chi connectivity index (χ3v) is 12.4. The smallest absolute Gasteiger partial charge is 0.311 e. The number of carboxylic acids is 1. The van der Waals surface area contributed by atoms with E-state index in [9.17, 15) is 55.5 Å². The molecule has 3 aliphatic rings. The van der Waals surface area contributed by atoms with Gasteiger partial charge in [-0.3, -0.25) is 9.59 Å². The molecule has 16 heteroatoms. The summed E-state index contributed by atoms with van der Waals surface area (Å²) in [4.78, 5) is 25.1. The van der Waals surface area contributed by atoms with Crippen molar-refractivity contribution in [3.63, 3.8) is 0 Å². The Hall–Kier alpha value is -3.36. The molecular weight excluding hydrogens is 831 g/mol. The molecule has 362 valence electrons. The largest absolute Gasteiger partial charge is 0.481 e. The number of esters is 1. The third kappa shape index (κ3) is 18.5. The number of carbonyl (C=O) groups is 2. The third-order valence-electron chi connectivity index (χ3n) is 12.4. The number of aliphatic hydroxyl groups is 8. The van der Waals surface area contributed by atoms with Crippen molar-refractivity contribution in [2.24, 2.45) is 29.4 Å². The second-order valence-electron chi connectivity index (χ2n) is 17.8. The SMILES string of the molecule is CC1OC(O[C@H]2/C=C/C=C/C=C/C=C/C=C/C=C/C=C/[C@H](C)[C@@H](O)[C@@H](C)[C@H](C)OC(=O)C[C@H](O)C[C@H](O)CC[C@@H](O)CC[C@H](O)C[C@]3(O)C[C@H](O)[C@@H](C(=O)O)C(C2)O3)C(O)C(N)C1C. The Morgan fingerprint density at radius 3 is 1.78 bits per heavy atom. The summed E-state index contributed by atoms with van der Waals surface area (Å²) < 4.78 is 23.6. The fraction of sp³-hybridized carbons (Fsp3) is 0.667. The van der Waals surface area contributed by atoms with Crippen LogP contribution >= 0.6 is 0 Å². The van der Waals surface area contributed by atoms with Gasteiger partial charge in [0.05, 0.1) is 61.4 Å². The molecule has 0 aliphatic carbocycles. The van der Waals surface area contributed by atoms with Crippen LogP contribution in [-0.4, -0.2) is 143 Å². The fourth-order valence-electron chi connectivity index (χ4n) is 8.06. The van der Waals surface area contributed by atoms with Crippen LogP contribution in [0.1, 0.15) is 92.4 Å². The van der Waals surface area contributed by atoms with Gasteiger partial charge in [0, 0.05) is 37.1 Å². The first kappa shape index (κ1) is 55.0. The van der Waals surface area contributed by atoms with Crippen molar-refractivity contribution >= 4 is 11.9 Å². The Morgan fingerprint density at radius 2 is 1.20 bits per heavy atom. The molecule has 11 N–H and O–H groups in total. The first-order valence-electron chi connectivity index (χ1n) is 22.5. The van der Waals surface area contributed by atoms with Gasteiger partial charge in [-0.2, -0.15) is 0 Å². The van der Waals surface area contributed by atoms with Gasteiger partial charge in [0.15, 0.2) is 12.1 Å². The molecule has 0 saturated carbocycles. The van der Waals surface area contributed by atoms with Gasteiger partial charge in [-0.05, 0) is 51.9 Å². The number of hydrogen-bond donors (Lipinski definition) is 10. The predicted molar refractivity (Wildman–Crippen MR) is 239 cm³/mol. The molecular formula is C48H75NO15. The van der Waals surface area contributed by atoms with Gasteiger partial charge < -0.3 is 70.6 Å². The highest BCUT2D eigenvalue weighted by molar-refractivity contribution is 5.71. The van der Waals surface area contributed by atoms with Crippen molar-refractivity contribution in [2.75, 3.05) is 0 Å². The summed E-state index contributed by atoms with van der Waals surface area (Å²) in [5, 5.41) is 97.3. The lowest BCUT2D eigenvalue weighted by atomic mass is 9.83. The minimum absolute atomic E-state index is 0.0204. The van der Waals surface area contributed by atoms with Gasteiger partial charge in [0.1, 0.15) is 18.1 Å². The molecule has 2 bridgehead atoms. The maximum absolute atomic E-state index is 12.6. The van der Waals surface area contributed by atoms with Crippen molar-refractivity contribution < 1.29 is 74.5 Å². The number of hydrogen-bond acceptors (Lipinski definition) is 15. The Balaban J connectivity index is 1.83. The van der Waals surface area contributed by atoms with Crippen LogP contribution in [0, 0.1) is 23.7 Å². The standard InChI is InChI=1S/C48H75NO15/c1-29-18-16-14-12-10-8-6-7-9-11-13-15-17-19-38(63-47-45(57)43(49)30(2)32(4)62-47)26-40-42(46(58)59)39(54)28-48(60,64-40)27-36(52)23-21-34(50)20-22-35(51)24-37(53)25-41(55)61-33(5)31(3)44(29)56/h6-19,29-40,42-45,47,50-54,56-57,60H,20-28,49H2,1-5H3,(H,58,59)/b7-6+,10-8+,11-9+,14-12+,15-13+,18-16+,19-17+/t29-,30?,31-,32?,33-,34+,35+,36-,37+,38-,39-,40?,42+,43?,44+,45?,47?,48+/m0/s1. The minimum Gasteiger partial charge on any atom is -0.481 e. The van der Waals surface area contributed by atoms with Gasteiger partial charge in [0.25, 0.3) is 0 Å². The van der Waals surface area contributed by atoms with Crippen molar-refractivity contribution in [3.8, 4) is 0 Å². The Kier molecular flexibility index (Phi) is 23.5. The number of allylic oxidation sites excluding steroid dienone is 12. The van der Waals surface area contributed by atoms with Crippen LogP contribution in [0.4, 0.5) is 0 Å². The molecule has 0 aromatic heterocycles. The van der Waals surface area contributed by atoms with Crippen LogP contribution in [0.3, 0.4) is 0 Å². The number of aliphatic hydroxyl groups excluding tert-OH is 7. The van der Waals surface area contributed by atoms with Crippen LogP contribution in [0.15, 0.2) is 85.1 Å². The van der Waals surface area contributed by atoms with Gasteiger partial charge in [-0.1, -0.05) is 106 Å². The number of carbonyl (C=O) groups excluding carboxylic acids is 1. The highest BCUT2D eigenvalue weighted by atomic mass is 16.7. The summed E-state index contributed by atoms with van der Waals surface area (Å²) >= 11 is 0. The monoisotopic (exact) mass is 906 g/mol. The summed E-state index contributed by atoms with van der Waals surface area (Å²) in [6.45, 7) is 8.93. The first-order chi connectivity index (χ1) is 30.2. The van der Waals surface area contributed by atoms with Crippen LogP contribution in [0.2, 0.25) is 0 Å². The fourth-order valence-corrected chi connectivity index (χ4v) is 8.06. The van der Waals surface area contributed by atoms with Gasteiger partial charge in [-0.15, -0.1) is 0 Å². The molecule has 0 radical (unpaired) electrons. The number of aliphatic carboxylic acids is 1. The summed E-state index contributed by atoms with van der Waals surface area (Å²) in [5.74, 6) is -6.58. The lowest BCUT2D eigenvalue weighted by Gasteiger charge is -2.45. The van der Waals surface area contributed by atoms with E-state index in [-0.39, 0.29) is 62.9 Å². The highest BCUT2D eigenvalue weighted by Crippen LogP contribution is 2.38. The van der Waals surface area contributed by atoms with E-state index >= 15 is 0 Å². The maximum Gasteiger partial charge on any atom is 0.311 e. The van der Waals surface area contributed by atoms with Crippen molar-refractivity contribution in [2.45, 2.75) is 178 Å². The molecule has 0 aromatic rings. The van der Waals surface area contributed by atoms with E-state index in [1.807, 2.05) is 62.5 Å². The normalized spacial score (nSPS) is 44.8. The molecule has 64 heavy (non-hydrogen) atoms. The molecule has 0 amide bonds. The van der Waals surface area contributed by atoms with Crippen LogP contribution < -0.4 is 5.73 Å². The molecule has 0 spiro atoms. The van der Waals surface area contributed by atoms with Crippen LogP contribution in [-0.2, 0) is 28.5 Å². The molecule has 2 fully saturated rings. The lowest BCUT2D eigenvalue weighted by molar-refractivity contribution is -0.306. The average Bonchev–Trinajstić information content (AvgIpc) is 3.21. The maximum atomic E-state index is 12.6. The van der Waals surface area contributed by atoms with Crippen LogP contribution in [0.25, 0.3) is 0 Å². The van der Waals surface area contributed by atoms with E-state index in [0.29, 0.717) is 0 Å². The van der Waals surface area contributed by atoms with E-state index in [0.717, 1.165) is 0 Å². The molecule has 3 heterocycles. The number of rotatable bonds is 3. The Bertz CT molecular complexity index is 1630. The van der Waals surface area contributed by atoms with Crippen molar-refractivity contribution in [3.05, 3.63) is 85.1 Å². The number of cyclic esters (lactones) is 1. The second kappa shape index (κ2) is 27.3. The van der Waals surface area contributed by atoms with E-state index in [1.54, 1.807) is 57.2 Å². The number of fused-ring (bicyclic) bond motifs is 2. The van der Waals surface area contributed by atoms with Crippen molar-refractivity contribution in [1.82, 2.24) is 0 Å². The lowest BCUT2D eigenvalue weighted by Crippen LogP contribution is -2.58. The number of nitrogens with two attached hydrogens (primary N) is 1. The summed E-state index contributed by atoms with van der Waals surface area (Å²) in [7, 11) is 0. The second-order valence-corrected chi connectivity index (χ2v) is 17.8. The van der Waals surface area contributed by atoms with E-state index in [2.05, 4.69) is 0 Å². The molecule has 3 aliphatic heterocycles. The van der Waals surface area contributed by atoms with Gasteiger partial charge in [0.2, 0.25) is 0 Å². The zero-order valence-corrected chi connectivity index (χ0v) is 37.8. The number of carboxylic acid groups (broad SMARTS) is 1. The molecule has 18 atom stereocenters. The molecule has 2 saturated heterocycles. The quantitative estimate of drug-likeness (QED) is 0.182. The van der Waals surface area contributed by atoms with E-state index in [4.69, 9.17) is 24.7 Å². The zero-order chi connectivity index (χ0) is 47.6. The summed E-state index contributed by atoms with van der Waals surface area (Å²) in [5.41, 5.74) is 6.27. The molecule has 6 unspecified atom stereocenters. The summed E-state index contributed by atoms with van der Waals surface area (Å²) in [6.07, 6.45) is 10.7. The average molecular weight is 906 g/mol. The van der Waals surface area contributed by atoms with Gasteiger partial charge in [-0.25, -0.2) is 0 Å². The predicted octanol–water partition coefficient (Wildman–Crippen LogP) is 3.02. The zero-order valence-electron chi connectivity index (χ0n) is 37.8. The highest BCUT2D eigenvalue weighted by Gasteiger charge is 2.50. The van der Waals surface area contributed by atoms with Crippen LogP contribution in [0.5, 0.6) is 0 Å². The van der Waals surface area contributed by atoms with Crippen molar-refractivity contribution in [1.29, 1.82) is 0 Å². The number of ether oxygens (including phenoxy) is 4.